The molecule has 9 nitrogen and oxygen atoms in total. The summed E-state index contributed by atoms with van der Waals surface area (Å²) in [5.74, 6) is -10.7. The number of nitrogens with one attached hydrogen (secondary N) is 2. The predicted molar refractivity (Wildman–Crippen MR) is 132 cm³/mol. The Balaban J connectivity index is 1.89. The molecule has 40 heavy (non-hydrogen) atoms. The number of nitriles is 1. The molecule has 0 unspecified atom stereocenters. The molecule has 4 amide bonds. The van der Waals surface area contributed by atoms with Gasteiger partial charge in [0.15, 0.2) is 0 Å². The summed E-state index contributed by atoms with van der Waals surface area (Å²) >= 11 is 0. The van der Waals surface area contributed by atoms with Gasteiger partial charge in [-0.15, -0.1) is 0 Å². The summed E-state index contributed by atoms with van der Waals surface area (Å²) in [4.78, 5) is 54.0. The van der Waals surface area contributed by atoms with Gasteiger partial charge in [0, 0.05) is 25.7 Å². The molecule has 1 aromatic carbocycles. The van der Waals surface area contributed by atoms with Crippen LogP contribution < -0.4 is 10.6 Å². The number of likely N-dealkylation sites (N-methyl/N-ethyl adjacent to an activating group) is 1. The van der Waals surface area contributed by atoms with E-state index in [2.05, 4.69) is 5.32 Å². The van der Waals surface area contributed by atoms with E-state index in [1.807, 2.05) is 6.07 Å². The van der Waals surface area contributed by atoms with E-state index in [1.165, 1.54) is 24.2 Å². The molecule has 0 aromatic heterocycles. The molecule has 0 saturated carbocycles. The highest BCUT2D eigenvalue weighted by Crippen LogP contribution is 2.46. The number of carbonyl (C=O) groups is 4. The fourth-order valence-corrected chi connectivity index (χ4v) is 5.16. The third-order valence-electron chi connectivity index (χ3n) is 7.36. The molecule has 3 rings (SSSR count). The molecule has 0 radical (unpaired) electrons. The summed E-state index contributed by atoms with van der Waals surface area (Å²) in [6.45, 7) is 4.63. The number of carbonyl (C=O) groups excluding carboxylic acids is 4. The maximum atomic E-state index is 13.9. The highest BCUT2D eigenvalue weighted by atomic mass is 19.4. The van der Waals surface area contributed by atoms with Crippen LogP contribution in [-0.2, 0) is 24.6 Å². The number of para-hydroxylation sites is 1. The molecule has 4 atom stereocenters. The second-order valence-corrected chi connectivity index (χ2v) is 10.5. The van der Waals surface area contributed by atoms with Gasteiger partial charge in [0.1, 0.15) is 18.1 Å². The van der Waals surface area contributed by atoms with Crippen LogP contribution in [0, 0.1) is 17.2 Å². The van der Waals surface area contributed by atoms with Crippen LogP contribution in [0.4, 0.5) is 27.6 Å². The van der Waals surface area contributed by atoms with Crippen molar-refractivity contribution in [2.24, 2.45) is 5.92 Å². The number of fused-ring (bicyclic) bond motifs is 2. The lowest BCUT2D eigenvalue weighted by molar-refractivity contribution is -0.270. The number of benzene rings is 1. The fourth-order valence-electron chi connectivity index (χ4n) is 5.16. The van der Waals surface area contributed by atoms with Crippen LogP contribution in [0.25, 0.3) is 0 Å². The van der Waals surface area contributed by atoms with Crippen LogP contribution in [0.1, 0.15) is 45.6 Å². The highest BCUT2D eigenvalue weighted by Gasteiger charge is 2.64. The van der Waals surface area contributed by atoms with Crippen molar-refractivity contribution in [3.05, 3.63) is 29.8 Å². The number of amides is 4. The van der Waals surface area contributed by atoms with Gasteiger partial charge in [-0.3, -0.25) is 19.2 Å². The maximum Gasteiger partial charge on any atom is 0.463 e. The molecular weight excluding hydrogens is 541 g/mol. The fraction of sp³-hybridized carbons (Fsp3) is 0.577. The monoisotopic (exact) mass is 571 g/mol. The zero-order valence-electron chi connectivity index (χ0n) is 22.3. The molecule has 0 aliphatic carbocycles. The Morgan fingerprint density at radius 1 is 1.23 bits per heavy atom. The Kier molecular flexibility index (Phi) is 8.48. The second-order valence-electron chi connectivity index (χ2n) is 10.5. The Morgan fingerprint density at radius 2 is 1.85 bits per heavy atom. The van der Waals surface area contributed by atoms with Gasteiger partial charge < -0.3 is 20.4 Å². The van der Waals surface area contributed by atoms with E-state index in [-0.39, 0.29) is 37.6 Å². The van der Waals surface area contributed by atoms with Crippen molar-refractivity contribution in [2.45, 2.75) is 75.7 Å². The van der Waals surface area contributed by atoms with Gasteiger partial charge in [-0.05, 0) is 30.4 Å². The van der Waals surface area contributed by atoms with E-state index in [0.717, 1.165) is 4.90 Å². The zero-order chi connectivity index (χ0) is 30.2. The number of halogens is 5. The molecule has 2 aliphatic heterocycles. The molecule has 218 valence electrons. The van der Waals surface area contributed by atoms with Gasteiger partial charge >= 0.3 is 18.0 Å². The molecule has 1 aromatic rings. The molecule has 1 spiro atoms. The number of anilines is 1. The van der Waals surface area contributed by atoms with E-state index < -0.39 is 53.4 Å². The lowest BCUT2D eigenvalue weighted by Crippen LogP contribution is -2.59. The first-order valence-corrected chi connectivity index (χ1v) is 12.6. The number of likely N-dealkylation sites (tertiary alicyclic amines) is 1. The normalized spacial score (nSPS) is 22.0. The predicted octanol–water partition coefficient (Wildman–Crippen LogP) is 2.97. The first kappa shape index (κ1) is 30.8. The topological polar surface area (TPSA) is 123 Å². The van der Waals surface area contributed by atoms with Crippen molar-refractivity contribution in [3.63, 3.8) is 0 Å². The van der Waals surface area contributed by atoms with E-state index in [4.69, 9.17) is 0 Å². The van der Waals surface area contributed by atoms with Crippen LogP contribution in [0.5, 0.6) is 0 Å². The quantitative estimate of drug-likeness (QED) is 0.465. The average molecular weight is 572 g/mol. The lowest BCUT2D eigenvalue weighted by atomic mass is 9.80. The largest absolute Gasteiger partial charge is 0.463 e. The lowest BCUT2D eigenvalue weighted by Gasteiger charge is -2.35. The molecule has 2 aliphatic rings. The maximum absolute atomic E-state index is 13.9. The van der Waals surface area contributed by atoms with Crippen LogP contribution in [0.15, 0.2) is 24.3 Å². The van der Waals surface area contributed by atoms with Gasteiger partial charge in [0.25, 0.3) is 0 Å². The van der Waals surface area contributed by atoms with E-state index >= 15 is 0 Å². The minimum Gasteiger partial charge on any atom is -0.339 e. The van der Waals surface area contributed by atoms with Crippen LogP contribution in [-0.4, -0.2) is 77.2 Å². The van der Waals surface area contributed by atoms with Crippen molar-refractivity contribution >= 4 is 29.3 Å². The number of alkyl halides is 5. The number of nitrogens with zero attached hydrogens (tertiary/aromatic N) is 3. The van der Waals surface area contributed by atoms with E-state index in [1.54, 1.807) is 38.1 Å². The molecule has 1 fully saturated rings. The standard InChI is InChI=1S/C26H30F5N5O4/c1-5-17(33-23(40)25(27,28)26(29,30)31)20(37)35(4)19(10-14(2)3)21(38)36-13-24(11-15(36)12-32)16-8-6-7-9-18(16)34-22(24)39/h6-9,14-15,17,19H,5,10-11,13H2,1-4H3,(H,33,40)(H,34,39)/t15-,17-,19-,24-/m0/s1. The summed E-state index contributed by atoms with van der Waals surface area (Å²) in [6.07, 6.45) is -6.45. The molecule has 1 saturated heterocycles. The van der Waals surface area contributed by atoms with Gasteiger partial charge in [-0.1, -0.05) is 39.0 Å². The molecule has 0 bridgehead atoms. The Bertz CT molecular complexity index is 1230. The number of hydrogen-bond donors (Lipinski definition) is 2. The first-order chi connectivity index (χ1) is 18.5. The zero-order valence-corrected chi connectivity index (χ0v) is 22.3. The Hall–Kier alpha value is -3.76. The summed E-state index contributed by atoms with van der Waals surface area (Å²) in [7, 11) is 1.18. The smallest absolute Gasteiger partial charge is 0.339 e. The highest BCUT2D eigenvalue weighted by molar-refractivity contribution is 6.07. The Morgan fingerprint density at radius 3 is 2.40 bits per heavy atom. The number of hydrogen-bond acceptors (Lipinski definition) is 5. The van der Waals surface area contributed by atoms with Crippen molar-refractivity contribution in [3.8, 4) is 6.07 Å². The molecule has 2 N–H and O–H groups in total. The number of rotatable bonds is 8. The van der Waals surface area contributed by atoms with Gasteiger partial charge in [0.05, 0.1) is 11.5 Å². The van der Waals surface area contributed by atoms with Crippen LogP contribution >= 0.6 is 0 Å². The van der Waals surface area contributed by atoms with Crippen molar-refractivity contribution in [1.29, 1.82) is 5.26 Å². The third-order valence-corrected chi connectivity index (χ3v) is 7.36. The van der Waals surface area contributed by atoms with E-state index in [9.17, 15) is 46.4 Å². The van der Waals surface area contributed by atoms with E-state index in [0.29, 0.717) is 11.3 Å². The molecule has 14 heteroatoms. The minimum atomic E-state index is -6.16. The van der Waals surface area contributed by atoms with Gasteiger partial charge in [-0.2, -0.15) is 27.2 Å². The second kappa shape index (κ2) is 11.0. The van der Waals surface area contributed by atoms with Crippen molar-refractivity contribution in [2.75, 3.05) is 18.9 Å². The summed E-state index contributed by atoms with van der Waals surface area (Å²) < 4.78 is 65.0. The Labute approximate surface area is 227 Å². The minimum absolute atomic E-state index is 0.00428. The molecular formula is C26H30F5N5O4. The average Bonchev–Trinajstić information content (AvgIpc) is 3.41. The summed E-state index contributed by atoms with van der Waals surface area (Å²) in [5, 5.41) is 14.1. The van der Waals surface area contributed by atoms with Gasteiger partial charge in [-0.25, -0.2) is 0 Å². The van der Waals surface area contributed by atoms with Crippen molar-refractivity contribution < 1.29 is 41.1 Å². The van der Waals surface area contributed by atoms with Crippen LogP contribution in [0.3, 0.4) is 0 Å². The first-order valence-electron chi connectivity index (χ1n) is 12.6. The SMILES string of the molecule is CC[C@H](NC(=O)C(F)(F)C(F)(F)F)C(=O)N(C)[C@@H](CC(C)C)C(=O)N1C[C@]2(C[C@H]1C#N)C(=O)Nc1ccccc12. The summed E-state index contributed by atoms with van der Waals surface area (Å²) in [5.41, 5.74) is -0.0118. The summed E-state index contributed by atoms with van der Waals surface area (Å²) in [6, 6.07) is 4.84. The molecule has 2 heterocycles. The van der Waals surface area contributed by atoms with Crippen molar-refractivity contribution in [1.82, 2.24) is 15.1 Å². The van der Waals surface area contributed by atoms with Crippen LogP contribution in [0.2, 0.25) is 0 Å². The van der Waals surface area contributed by atoms with Gasteiger partial charge in [0.2, 0.25) is 17.7 Å². The third kappa shape index (κ3) is 5.33.